The van der Waals surface area contributed by atoms with Crippen molar-refractivity contribution in [3.63, 3.8) is 0 Å². The number of rotatable bonds is 5. The third-order valence-corrected chi connectivity index (χ3v) is 6.79. The van der Waals surface area contributed by atoms with Crippen LogP contribution < -0.4 is 4.18 Å². The summed E-state index contributed by atoms with van der Waals surface area (Å²) in [5.41, 5.74) is -0.950. The molecule has 0 fully saturated rings. The van der Waals surface area contributed by atoms with Crippen LogP contribution in [0.5, 0.6) is 5.75 Å². The lowest BCUT2D eigenvalue weighted by molar-refractivity contribution is 0.0696. The maximum Gasteiger partial charge on any atom is 0.339 e. The summed E-state index contributed by atoms with van der Waals surface area (Å²) in [5, 5.41) is 23.6. The van der Waals surface area contributed by atoms with Gasteiger partial charge in [-0.2, -0.15) is 18.3 Å². The quantitative estimate of drug-likeness (QED) is 0.142. The van der Waals surface area contributed by atoms with Gasteiger partial charge in [-0.3, -0.25) is 0 Å². The first-order valence-electron chi connectivity index (χ1n) is 10.1. The van der Waals surface area contributed by atoms with Crippen LogP contribution in [-0.4, -0.2) is 30.6 Å². The van der Waals surface area contributed by atoms with Crippen LogP contribution in [0.4, 0.5) is 0 Å². The average molecular weight is 506 g/mol. The first-order valence-corrected chi connectivity index (χ1v) is 11.5. The van der Waals surface area contributed by atoms with Crippen molar-refractivity contribution in [3.8, 4) is 5.75 Å². The Labute approximate surface area is 203 Å². The van der Waals surface area contributed by atoms with Gasteiger partial charge >= 0.3 is 22.1 Å². The molecule has 2 N–H and O–H groups in total. The second-order valence-electron chi connectivity index (χ2n) is 7.73. The minimum Gasteiger partial charge on any atom is -0.478 e. The van der Waals surface area contributed by atoms with E-state index in [9.17, 15) is 28.2 Å². The zero-order valence-corrected chi connectivity index (χ0v) is 20.4. The van der Waals surface area contributed by atoms with Crippen LogP contribution in [0.15, 0.2) is 89.8 Å². The van der Waals surface area contributed by atoms with E-state index < -0.39 is 38.1 Å². The zero-order chi connectivity index (χ0) is 24.0. The van der Waals surface area contributed by atoms with Gasteiger partial charge in [0.2, 0.25) is 0 Å². The number of hydrogen-bond acceptors (Lipinski definition) is 5. The predicted molar refractivity (Wildman–Crippen MR) is 138 cm³/mol. The van der Waals surface area contributed by atoms with E-state index >= 15 is 0 Å². The maximum atomic E-state index is 13.1. The van der Waals surface area contributed by atoms with Gasteiger partial charge < -0.3 is 14.4 Å². The van der Waals surface area contributed by atoms with Crippen molar-refractivity contribution < 1.29 is 32.4 Å². The SMILES string of the molecule is O=C(O)c1cc(C(=O)O)cc(S(=O)(=O)Oc2cccc3ccc4cc5ccccc5cc4c23)c1.P. The Morgan fingerprint density at radius 3 is 1.86 bits per heavy atom. The molecule has 0 saturated carbocycles. The lowest BCUT2D eigenvalue weighted by atomic mass is 9.98. The van der Waals surface area contributed by atoms with Crippen molar-refractivity contribution in [3.05, 3.63) is 96.1 Å². The van der Waals surface area contributed by atoms with E-state index in [1.165, 1.54) is 6.07 Å². The molecule has 1 unspecified atom stereocenters. The highest BCUT2D eigenvalue weighted by molar-refractivity contribution is 7.87. The third kappa shape index (κ3) is 4.41. The maximum absolute atomic E-state index is 13.1. The summed E-state index contributed by atoms with van der Waals surface area (Å²) in [7, 11) is -4.55. The molecule has 35 heavy (non-hydrogen) atoms. The van der Waals surface area contributed by atoms with Gasteiger partial charge in [-0.05, 0) is 63.3 Å². The van der Waals surface area contributed by atoms with E-state index in [4.69, 9.17) is 4.18 Å². The molecule has 0 spiro atoms. The monoisotopic (exact) mass is 506 g/mol. The molecule has 0 aliphatic heterocycles. The van der Waals surface area contributed by atoms with Crippen LogP contribution in [0, 0.1) is 0 Å². The van der Waals surface area contributed by atoms with Crippen molar-refractivity contribution in [2.45, 2.75) is 4.90 Å². The fourth-order valence-corrected chi connectivity index (χ4v) is 5.01. The number of benzene rings is 5. The number of aromatic carboxylic acids is 2. The molecule has 0 aliphatic carbocycles. The molecular weight excluding hydrogens is 487 g/mol. The van der Waals surface area contributed by atoms with E-state index in [1.807, 2.05) is 54.6 Å². The van der Waals surface area contributed by atoms with Gasteiger partial charge in [0, 0.05) is 5.39 Å². The van der Waals surface area contributed by atoms with Crippen LogP contribution in [-0.2, 0) is 10.1 Å². The number of carboxylic acid groups (broad SMARTS) is 2. The molecule has 5 aromatic carbocycles. The highest BCUT2D eigenvalue weighted by Gasteiger charge is 2.23. The van der Waals surface area contributed by atoms with E-state index in [0.29, 0.717) is 5.39 Å². The molecule has 0 radical (unpaired) electrons. The molecule has 5 rings (SSSR count). The minimum atomic E-state index is -4.55. The lowest BCUT2D eigenvalue weighted by Crippen LogP contribution is -2.13. The molecule has 0 saturated heterocycles. The standard InChI is InChI=1S/C26H16O7S.H3P/c27-25(28)19-11-20(26(29)30)13-21(12-19)34(31,32)33-23-7-3-6-15-8-9-18-10-16-4-1-2-5-17(16)14-22(18)24(15)23;/h1-14H,(H,27,28)(H,29,30);1H3. The summed E-state index contributed by atoms with van der Waals surface area (Å²) in [6.07, 6.45) is 0. The van der Waals surface area contributed by atoms with Gasteiger partial charge in [-0.25, -0.2) is 9.59 Å². The summed E-state index contributed by atoms with van der Waals surface area (Å²) in [6.45, 7) is 0. The summed E-state index contributed by atoms with van der Waals surface area (Å²) < 4.78 is 31.7. The largest absolute Gasteiger partial charge is 0.478 e. The van der Waals surface area contributed by atoms with Crippen molar-refractivity contribution in [2.75, 3.05) is 0 Å². The van der Waals surface area contributed by atoms with E-state index in [-0.39, 0.29) is 15.6 Å². The zero-order valence-electron chi connectivity index (χ0n) is 18.1. The van der Waals surface area contributed by atoms with Crippen molar-refractivity contribution in [2.24, 2.45) is 0 Å². The van der Waals surface area contributed by atoms with Crippen molar-refractivity contribution in [1.29, 1.82) is 0 Å². The fraction of sp³-hybridized carbons (Fsp3) is 0. The molecule has 0 aliphatic rings. The van der Waals surface area contributed by atoms with Crippen LogP contribution in [0.3, 0.4) is 0 Å². The molecule has 7 nitrogen and oxygen atoms in total. The molecule has 9 heteroatoms. The van der Waals surface area contributed by atoms with E-state index in [1.54, 1.807) is 6.07 Å². The highest BCUT2D eigenvalue weighted by Crippen LogP contribution is 2.36. The predicted octanol–water partition coefficient (Wildman–Crippen LogP) is 5.37. The highest BCUT2D eigenvalue weighted by atomic mass is 32.2. The Balaban J connectivity index is 0.00000289. The van der Waals surface area contributed by atoms with Crippen LogP contribution in [0.25, 0.3) is 32.3 Å². The average Bonchev–Trinajstić information content (AvgIpc) is 2.82. The minimum absolute atomic E-state index is 0. The van der Waals surface area contributed by atoms with Gasteiger partial charge in [0.05, 0.1) is 11.1 Å². The van der Waals surface area contributed by atoms with Gasteiger partial charge in [0.1, 0.15) is 4.90 Å². The Hall–Kier alpha value is -4.00. The Bertz CT molecular complexity index is 1730. The Kier molecular flexibility index (Phi) is 6.19. The molecule has 1 atom stereocenters. The van der Waals surface area contributed by atoms with Gasteiger partial charge in [-0.1, -0.05) is 48.5 Å². The van der Waals surface area contributed by atoms with Crippen LogP contribution in [0.2, 0.25) is 0 Å². The van der Waals surface area contributed by atoms with Crippen molar-refractivity contribution >= 4 is 64.3 Å². The fourth-order valence-electron chi connectivity index (χ4n) is 3.99. The van der Waals surface area contributed by atoms with Crippen molar-refractivity contribution in [1.82, 2.24) is 0 Å². The molecule has 5 aromatic rings. The summed E-state index contributed by atoms with van der Waals surface area (Å²) >= 11 is 0. The molecule has 0 aromatic heterocycles. The molecular formula is C26H19O7PS. The topological polar surface area (TPSA) is 118 Å². The number of hydrogen-bond donors (Lipinski definition) is 2. The Morgan fingerprint density at radius 1 is 0.657 bits per heavy atom. The van der Waals surface area contributed by atoms with Gasteiger partial charge in [-0.15, -0.1) is 0 Å². The summed E-state index contributed by atoms with van der Waals surface area (Å²) in [5.74, 6) is -2.86. The molecule has 0 amide bonds. The molecule has 0 heterocycles. The van der Waals surface area contributed by atoms with Crippen LogP contribution in [0.1, 0.15) is 20.7 Å². The Morgan fingerprint density at radius 2 is 1.23 bits per heavy atom. The summed E-state index contributed by atoms with van der Waals surface area (Å²) in [4.78, 5) is 22.3. The van der Waals surface area contributed by atoms with Crippen LogP contribution >= 0.6 is 9.90 Å². The lowest BCUT2D eigenvalue weighted by Gasteiger charge is -2.13. The molecule has 176 valence electrons. The smallest absolute Gasteiger partial charge is 0.339 e. The van der Waals surface area contributed by atoms with Gasteiger partial charge in [0.25, 0.3) is 0 Å². The first-order chi connectivity index (χ1) is 16.2. The first kappa shape index (κ1) is 24.1. The second kappa shape index (κ2) is 8.98. The van der Waals surface area contributed by atoms with Gasteiger partial charge in [0.15, 0.2) is 5.75 Å². The van der Waals surface area contributed by atoms with E-state index in [0.717, 1.165) is 45.1 Å². The number of carboxylic acids is 2. The molecule has 0 bridgehead atoms. The second-order valence-corrected chi connectivity index (χ2v) is 9.28. The third-order valence-electron chi connectivity index (χ3n) is 5.58. The normalized spacial score (nSPS) is 11.3. The summed E-state index contributed by atoms with van der Waals surface area (Å²) in [6, 6.07) is 23.2. The van der Waals surface area contributed by atoms with E-state index in [2.05, 4.69) is 0 Å². The number of carbonyl (C=O) groups is 2. The number of fused-ring (bicyclic) bond motifs is 4.